The fourth-order valence-corrected chi connectivity index (χ4v) is 5.51. The van der Waals surface area contributed by atoms with Gasteiger partial charge in [-0.1, -0.05) is 30.7 Å². The molecule has 3 aromatic rings. The van der Waals surface area contributed by atoms with Gasteiger partial charge in [0.15, 0.2) is 5.11 Å². The van der Waals surface area contributed by atoms with Crippen molar-refractivity contribution in [1.29, 1.82) is 0 Å². The lowest BCUT2D eigenvalue weighted by Gasteiger charge is -2.28. The molecule has 0 bridgehead atoms. The third-order valence-corrected chi connectivity index (χ3v) is 6.66. The van der Waals surface area contributed by atoms with Crippen LogP contribution in [0.5, 0.6) is 0 Å². The van der Waals surface area contributed by atoms with Gasteiger partial charge in [-0.2, -0.15) is 0 Å². The van der Waals surface area contributed by atoms with E-state index in [9.17, 15) is 0 Å². The second-order valence-electron chi connectivity index (χ2n) is 8.73. The highest BCUT2D eigenvalue weighted by molar-refractivity contribution is 7.80. The molecule has 31 heavy (non-hydrogen) atoms. The lowest BCUT2D eigenvalue weighted by Crippen LogP contribution is -2.30. The summed E-state index contributed by atoms with van der Waals surface area (Å²) in [6.07, 6.45) is 2.91. The Labute approximate surface area is 191 Å². The summed E-state index contributed by atoms with van der Waals surface area (Å²) < 4.78 is 2.42. The van der Waals surface area contributed by atoms with Crippen molar-refractivity contribution in [2.24, 2.45) is 0 Å². The molecule has 4 rings (SSSR count). The molecular formula is C26H32N4S. The number of thiocarbonyl (C=S) groups is 1. The minimum absolute atomic E-state index is 0.0365. The average molecular weight is 433 g/mol. The first-order valence-corrected chi connectivity index (χ1v) is 11.5. The zero-order chi connectivity index (χ0) is 22.3. The minimum atomic E-state index is 0.0365. The molecule has 0 spiro atoms. The Morgan fingerprint density at radius 1 is 1.03 bits per heavy atom. The highest BCUT2D eigenvalue weighted by Crippen LogP contribution is 2.41. The Morgan fingerprint density at radius 3 is 2.35 bits per heavy atom. The Kier molecular flexibility index (Phi) is 5.89. The van der Waals surface area contributed by atoms with Crippen LogP contribution in [0.25, 0.3) is 5.69 Å². The molecule has 1 aliphatic rings. The largest absolute Gasteiger partial charge is 0.352 e. The minimum Gasteiger partial charge on any atom is -0.352 e. The van der Waals surface area contributed by atoms with E-state index in [1.807, 2.05) is 12.3 Å². The van der Waals surface area contributed by atoms with Gasteiger partial charge in [0.25, 0.3) is 0 Å². The van der Waals surface area contributed by atoms with Crippen molar-refractivity contribution >= 4 is 17.3 Å². The highest BCUT2D eigenvalue weighted by atomic mass is 32.1. The van der Waals surface area contributed by atoms with Gasteiger partial charge in [0.2, 0.25) is 0 Å². The van der Waals surface area contributed by atoms with Crippen LogP contribution in [0.3, 0.4) is 0 Å². The number of pyridine rings is 1. The van der Waals surface area contributed by atoms with Crippen LogP contribution in [0.1, 0.15) is 64.8 Å². The average Bonchev–Trinajstić information content (AvgIpc) is 3.19. The van der Waals surface area contributed by atoms with Crippen LogP contribution in [0.4, 0.5) is 0 Å². The lowest BCUT2D eigenvalue weighted by molar-refractivity contribution is 0.316. The van der Waals surface area contributed by atoms with Crippen molar-refractivity contribution in [3.05, 3.63) is 81.9 Å². The summed E-state index contributed by atoms with van der Waals surface area (Å²) in [6, 6.07) is 13.1. The van der Waals surface area contributed by atoms with Crippen LogP contribution in [-0.4, -0.2) is 26.1 Å². The maximum Gasteiger partial charge on any atom is 0.170 e. The standard InChI is InChI=1S/C26H32N4S/c1-7-12-29-25(23(28-26(29)31)22-10-8-9-11-27-22)21-15-19(5)30(20(21)6)24-17(3)13-16(2)14-18(24)4/h8-11,13-15,23,25H,7,12H2,1-6H3,(H,28,31)/t23-,25+/m0/s1. The SMILES string of the molecule is CCCN1C(=S)N[C@@H](c2ccccn2)[C@H]1c1cc(C)n(-c2c(C)cc(C)cc2C)c1C. The first-order chi connectivity index (χ1) is 14.8. The van der Waals surface area contributed by atoms with Crippen LogP contribution in [0.2, 0.25) is 0 Å². The second kappa shape index (κ2) is 8.46. The van der Waals surface area contributed by atoms with E-state index < -0.39 is 0 Å². The smallest absolute Gasteiger partial charge is 0.170 e. The fraction of sp³-hybridized carbons (Fsp3) is 0.385. The first-order valence-electron chi connectivity index (χ1n) is 11.1. The van der Waals surface area contributed by atoms with Crippen molar-refractivity contribution in [3.63, 3.8) is 0 Å². The van der Waals surface area contributed by atoms with E-state index in [0.717, 1.165) is 23.8 Å². The maximum atomic E-state index is 5.77. The van der Waals surface area contributed by atoms with Gasteiger partial charge in [0.05, 0.1) is 23.5 Å². The molecule has 0 unspecified atom stereocenters. The van der Waals surface area contributed by atoms with Gasteiger partial charge in [0, 0.05) is 24.1 Å². The van der Waals surface area contributed by atoms with Crippen molar-refractivity contribution in [2.75, 3.05) is 6.54 Å². The van der Waals surface area contributed by atoms with Crippen LogP contribution < -0.4 is 5.32 Å². The molecule has 4 nitrogen and oxygen atoms in total. The zero-order valence-electron chi connectivity index (χ0n) is 19.4. The van der Waals surface area contributed by atoms with Crippen molar-refractivity contribution in [2.45, 2.75) is 60.0 Å². The quantitative estimate of drug-likeness (QED) is 0.517. The molecule has 1 fully saturated rings. The molecule has 3 heterocycles. The van der Waals surface area contributed by atoms with Crippen LogP contribution in [0, 0.1) is 34.6 Å². The van der Waals surface area contributed by atoms with E-state index in [-0.39, 0.29) is 12.1 Å². The number of aromatic nitrogens is 2. The van der Waals surface area contributed by atoms with E-state index in [2.05, 4.69) is 91.6 Å². The third-order valence-electron chi connectivity index (χ3n) is 6.31. The van der Waals surface area contributed by atoms with Gasteiger partial charge in [-0.25, -0.2) is 0 Å². The third kappa shape index (κ3) is 3.76. The van der Waals surface area contributed by atoms with Crippen molar-refractivity contribution < 1.29 is 0 Å². The highest BCUT2D eigenvalue weighted by Gasteiger charge is 2.41. The Morgan fingerprint density at radius 2 is 1.74 bits per heavy atom. The van der Waals surface area contributed by atoms with Crippen molar-refractivity contribution in [3.8, 4) is 5.69 Å². The molecule has 0 radical (unpaired) electrons. The summed E-state index contributed by atoms with van der Waals surface area (Å²) in [7, 11) is 0. The number of benzene rings is 1. The lowest BCUT2D eigenvalue weighted by atomic mass is 9.96. The maximum absolute atomic E-state index is 5.77. The molecule has 1 aliphatic heterocycles. The predicted molar refractivity (Wildman–Crippen MR) is 132 cm³/mol. The van der Waals surface area contributed by atoms with Gasteiger partial charge >= 0.3 is 0 Å². The van der Waals surface area contributed by atoms with Gasteiger partial charge in [-0.3, -0.25) is 4.98 Å². The summed E-state index contributed by atoms with van der Waals surface area (Å²) in [5.74, 6) is 0. The molecule has 162 valence electrons. The molecule has 2 atom stereocenters. The van der Waals surface area contributed by atoms with Crippen LogP contribution in [0.15, 0.2) is 42.6 Å². The normalized spacial score (nSPS) is 18.5. The van der Waals surface area contributed by atoms with Crippen molar-refractivity contribution in [1.82, 2.24) is 19.8 Å². The molecule has 0 aliphatic carbocycles. The first kappa shape index (κ1) is 21.6. The molecule has 1 saturated heterocycles. The summed E-state index contributed by atoms with van der Waals surface area (Å²) in [6.45, 7) is 14.1. The van der Waals surface area contributed by atoms with Gasteiger partial charge in [-0.05, 0) is 88.1 Å². The van der Waals surface area contributed by atoms with Crippen LogP contribution in [-0.2, 0) is 0 Å². The summed E-state index contributed by atoms with van der Waals surface area (Å²) in [4.78, 5) is 7.01. The molecule has 0 saturated carbocycles. The summed E-state index contributed by atoms with van der Waals surface area (Å²) >= 11 is 5.77. The van der Waals surface area contributed by atoms with E-state index >= 15 is 0 Å². The topological polar surface area (TPSA) is 33.1 Å². The molecule has 1 aromatic carbocycles. The van der Waals surface area contributed by atoms with E-state index in [4.69, 9.17) is 12.2 Å². The number of rotatable bonds is 5. The number of nitrogens with zero attached hydrogens (tertiary/aromatic N) is 3. The van der Waals surface area contributed by atoms with E-state index in [1.54, 1.807) is 0 Å². The number of hydrogen-bond donors (Lipinski definition) is 1. The fourth-order valence-electron chi connectivity index (χ4n) is 5.18. The van der Waals surface area contributed by atoms with Gasteiger partial charge in [-0.15, -0.1) is 0 Å². The van der Waals surface area contributed by atoms with Gasteiger partial charge in [0.1, 0.15) is 0 Å². The van der Waals surface area contributed by atoms with E-state index in [0.29, 0.717) is 0 Å². The predicted octanol–water partition coefficient (Wildman–Crippen LogP) is 5.80. The molecule has 0 amide bonds. The monoisotopic (exact) mass is 432 g/mol. The number of aryl methyl sites for hydroxylation is 4. The number of nitrogens with one attached hydrogen (secondary N) is 1. The number of hydrogen-bond acceptors (Lipinski definition) is 2. The van der Waals surface area contributed by atoms with E-state index in [1.165, 1.54) is 39.3 Å². The molecule has 1 N–H and O–H groups in total. The Balaban J connectivity index is 1.88. The zero-order valence-corrected chi connectivity index (χ0v) is 20.2. The summed E-state index contributed by atoms with van der Waals surface area (Å²) in [5, 5.41) is 4.38. The Bertz CT molecular complexity index is 1090. The summed E-state index contributed by atoms with van der Waals surface area (Å²) in [5.41, 5.74) is 10.1. The Hall–Kier alpha value is -2.66. The van der Waals surface area contributed by atoms with Gasteiger partial charge < -0.3 is 14.8 Å². The molecular weight excluding hydrogens is 400 g/mol. The van der Waals surface area contributed by atoms with Crippen LogP contribution >= 0.6 is 12.2 Å². The molecule has 5 heteroatoms. The molecule has 2 aromatic heterocycles. The second-order valence-corrected chi connectivity index (χ2v) is 9.12.